The number of rotatable bonds is 9. The van der Waals surface area contributed by atoms with Crippen molar-refractivity contribution in [3.63, 3.8) is 0 Å². The van der Waals surface area contributed by atoms with Crippen LogP contribution in [0.5, 0.6) is 23.0 Å². The minimum absolute atomic E-state index is 0.0231. The predicted octanol–water partition coefficient (Wildman–Crippen LogP) is 4.42. The van der Waals surface area contributed by atoms with E-state index in [2.05, 4.69) is 10.2 Å². The zero-order valence-corrected chi connectivity index (χ0v) is 21.2. The number of anilines is 2. The first-order valence-electron chi connectivity index (χ1n) is 11.9. The van der Waals surface area contributed by atoms with Crippen molar-refractivity contribution in [3.8, 4) is 23.0 Å². The number of para-hydroxylation sites is 1. The number of carbonyl (C=O) groups is 1. The van der Waals surface area contributed by atoms with E-state index in [-0.39, 0.29) is 5.91 Å². The van der Waals surface area contributed by atoms with Gasteiger partial charge < -0.3 is 29.2 Å². The van der Waals surface area contributed by atoms with Gasteiger partial charge in [0.2, 0.25) is 5.75 Å². The van der Waals surface area contributed by atoms with Gasteiger partial charge in [0.15, 0.2) is 11.5 Å². The van der Waals surface area contributed by atoms with Gasteiger partial charge >= 0.3 is 0 Å². The molecule has 0 bridgehead atoms. The fourth-order valence-corrected chi connectivity index (χ4v) is 4.42. The molecule has 1 fully saturated rings. The van der Waals surface area contributed by atoms with Crippen molar-refractivity contribution in [3.05, 3.63) is 71.8 Å². The number of carbonyl (C=O) groups excluding carboxylic acids is 1. The molecule has 0 aromatic heterocycles. The molecular formula is C28H33N3O5. The number of amides is 1. The van der Waals surface area contributed by atoms with Crippen LogP contribution in [-0.4, -0.2) is 70.3 Å². The number of hydrogen-bond donors (Lipinski definition) is 1. The topological polar surface area (TPSA) is 72.5 Å². The van der Waals surface area contributed by atoms with Crippen molar-refractivity contribution in [2.24, 2.45) is 0 Å². The molecule has 1 heterocycles. The monoisotopic (exact) mass is 491 g/mol. The molecule has 1 saturated heterocycles. The molecule has 4 rings (SSSR count). The molecule has 1 amide bonds. The van der Waals surface area contributed by atoms with Crippen LogP contribution in [0.25, 0.3) is 0 Å². The Hall–Kier alpha value is -3.91. The molecule has 0 unspecified atom stereocenters. The minimum atomic E-state index is 0.0231. The van der Waals surface area contributed by atoms with Crippen LogP contribution in [0.2, 0.25) is 0 Å². The van der Waals surface area contributed by atoms with Crippen LogP contribution in [0, 0.1) is 0 Å². The lowest BCUT2D eigenvalue weighted by molar-refractivity contribution is 0.0628. The third-order valence-corrected chi connectivity index (χ3v) is 6.37. The third kappa shape index (κ3) is 5.49. The maximum absolute atomic E-state index is 13.4. The fraction of sp³-hybridized carbons (Fsp3) is 0.321. The summed E-state index contributed by atoms with van der Waals surface area (Å²) in [4.78, 5) is 17.7. The molecular weight excluding hydrogens is 458 g/mol. The normalized spacial score (nSPS) is 13.7. The van der Waals surface area contributed by atoms with E-state index in [0.717, 1.165) is 35.8 Å². The van der Waals surface area contributed by atoms with Crippen molar-refractivity contribution in [1.29, 1.82) is 0 Å². The molecule has 0 aliphatic carbocycles. The first-order valence-corrected chi connectivity index (χ1v) is 11.9. The highest BCUT2D eigenvalue weighted by molar-refractivity contribution is 6.00. The summed E-state index contributed by atoms with van der Waals surface area (Å²) >= 11 is 0. The summed E-state index contributed by atoms with van der Waals surface area (Å²) in [6.07, 6.45) is 0. The van der Waals surface area contributed by atoms with E-state index in [1.54, 1.807) is 28.4 Å². The highest BCUT2D eigenvalue weighted by atomic mass is 16.5. The van der Waals surface area contributed by atoms with E-state index in [0.29, 0.717) is 42.4 Å². The van der Waals surface area contributed by atoms with Gasteiger partial charge in [-0.3, -0.25) is 9.69 Å². The first-order chi connectivity index (χ1) is 17.6. The van der Waals surface area contributed by atoms with Crippen LogP contribution in [0.3, 0.4) is 0 Å². The second-order valence-corrected chi connectivity index (χ2v) is 8.46. The summed E-state index contributed by atoms with van der Waals surface area (Å²) in [5.41, 5.74) is 3.35. The molecule has 1 N–H and O–H groups in total. The predicted molar refractivity (Wildman–Crippen MR) is 140 cm³/mol. The Morgan fingerprint density at radius 1 is 0.778 bits per heavy atom. The van der Waals surface area contributed by atoms with Crippen molar-refractivity contribution in [2.75, 3.05) is 59.9 Å². The van der Waals surface area contributed by atoms with Crippen molar-refractivity contribution >= 4 is 17.3 Å². The average Bonchev–Trinajstić information content (AvgIpc) is 2.93. The second-order valence-electron chi connectivity index (χ2n) is 8.46. The smallest absolute Gasteiger partial charge is 0.256 e. The van der Waals surface area contributed by atoms with Gasteiger partial charge in [0.25, 0.3) is 5.91 Å². The Bertz CT molecular complexity index is 1170. The quantitative estimate of drug-likeness (QED) is 0.475. The molecule has 0 saturated carbocycles. The summed E-state index contributed by atoms with van der Waals surface area (Å²) in [6, 6.07) is 19.2. The summed E-state index contributed by atoms with van der Waals surface area (Å²) in [5.74, 6) is 2.71. The van der Waals surface area contributed by atoms with Crippen LogP contribution in [0.4, 0.5) is 11.4 Å². The Kier molecular flexibility index (Phi) is 8.17. The number of benzene rings is 3. The number of hydrogen-bond acceptors (Lipinski definition) is 7. The molecule has 8 heteroatoms. The van der Waals surface area contributed by atoms with Crippen molar-refractivity contribution < 1.29 is 23.7 Å². The minimum Gasteiger partial charge on any atom is -0.497 e. The third-order valence-electron chi connectivity index (χ3n) is 6.37. The largest absolute Gasteiger partial charge is 0.497 e. The highest BCUT2D eigenvalue weighted by Crippen LogP contribution is 2.40. The van der Waals surface area contributed by atoms with E-state index >= 15 is 0 Å². The number of nitrogens with one attached hydrogen (secondary N) is 1. The van der Waals surface area contributed by atoms with Crippen LogP contribution >= 0.6 is 0 Å². The summed E-state index contributed by atoms with van der Waals surface area (Å²) < 4.78 is 21.8. The van der Waals surface area contributed by atoms with E-state index < -0.39 is 0 Å². The maximum atomic E-state index is 13.4. The average molecular weight is 492 g/mol. The Labute approximate surface area is 212 Å². The van der Waals surface area contributed by atoms with Gasteiger partial charge in [-0.15, -0.1) is 0 Å². The van der Waals surface area contributed by atoms with E-state index in [1.807, 2.05) is 65.6 Å². The lowest BCUT2D eigenvalue weighted by Crippen LogP contribution is -2.48. The number of nitrogens with zero attached hydrogens (tertiary/aromatic N) is 2. The number of ether oxygens (including phenoxy) is 4. The van der Waals surface area contributed by atoms with Crippen LogP contribution in [0.15, 0.2) is 60.7 Å². The Morgan fingerprint density at radius 2 is 1.47 bits per heavy atom. The highest BCUT2D eigenvalue weighted by Gasteiger charge is 2.25. The van der Waals surface area contributed by atoms with Crippen LogP contribution in [-0.2, 0) is 6.54 Å². The zero-order chi connectivity index (χ0) is 25.5. The van der Waals surface area contributed by atoms with E-state index in [4.69, 9.17) is 18.9 Å². The van der Waals surface area contributed by atoms with Gasteiger partial charge in [0.05, 0.1) is 39.7 Å². The van der Waals surface area contributed by atoms with Gasteiger partial charge in [0.1, 0.15) is 5.75 Å². The lowest BCUT2D eigenvalue weighted by Gasteiger charge is -2.35. The molecule has 0 atom stereocenters. The second kappa shape index (κ2) is 11.7. The molecule has 36 heavy (non-hydrogen) atoms. The van der Waals surface area contributed by atoms with Gasteiger partial charge in [-0.05, 0) is 42.5 Å². The summed E-state index contributed by atoms with van der Waals surface area (Å²) in [5, 5.41) is 3.37. The molecule has 1 aliphatic rings. The molecule has 8 nitrogen and oxygen atoms in total. The SMILES string of the molecule is COc1ccc(Nc2ccccc2C(=O)N2CCN(Cc3ccc(OC)c(OC)c3OC)CC2)cc1. The molecule has 0 radical (unpaired) electrons. The summed E-state index contributed by atoms with van der Waals surface area (Å²) in [6.45, 7) is 3.51. The standard InChI is InChI=1S/C28H33N3O5/c1-33-22-12-10-21(11-13-22)29-24-8-6-5-7-23(24)28(32)31-17-15-30(16-18-31)19-20-9-14-25(34-2)27(36-4)26(20)35-3/h5-14,29H,15-19H2,1-4H3. The lowest BCUT2D eigenvalue weighted by atomic mass is 10.1. The number of methoxy groups -OCH3 is 4. The Balaban J connectivity index is 1.41. The van der Waals surface area contributed by atoms with Crippen LogP contribution < -0.4 is 24.3 Å². The van der Waals surface area contributed by atoms with Crippen molar-refractivity contribution in [2.45, 2.75) is 6.54 Å². The summed E-state index contributed by atoms with van der Waals surface area (Å²) in [7, 11) is 6.49. The van der Waals surface area contributed by atoms with E-state index in [9.17, 15) is 4.79 Å². The zero-order valence-electron chi connectivity index (χ0n) is 21.2. The van der Waals surface area contributed by atoms with Crippen molar-refractivity contribution in [1.82, 2.24) is 9.80 Å². The van der Waals surface area contributed by atoms with Gasteiger partial charge in [-0.25, -0.2) is 0 Å². The molecule has 0 spiro atoms. The maximum Gasteiger partial charge on any atom is 0.256 e. The van der Waals surface area contributed by atoms with Gasteiger partial charge in [-0.2, -0.15) is 0 Å². The molecule has 1 aliphatic heterocycles. The van der Waals surface area contributed by atoms with E-state index in [1.165, 1.54) is 0 Å². The van der Waals surface area contributed by atoms with Crippen LogP contribution in [0.1, 0.15) is 15.9 Å². The number of piperazine rings is 1. The first kappa shape index (κ1) is 25.2. The molecule has 3 aromatic rings. The van der Waals surface area contributed by atoms with Gasteiger partial charge in [0, 0.05) is 44.0 Å². The van der Waals surface area contributed by atoms with Gasteiger partial charge in [-0.1, -0.05) is 18.2 Å². The molecule has 3 aromatic carbocycles. The molecule has 190 valence electrons. The Morgan fingerprint density at radius 3 is 2.11 bits per heavy atom. The fourth-order valence-electron chi connectivity index (χ4n) is 4.42.